The van der Waals surface area contributed by atoms with Crippen LogP contribution >= 0.6 is 36.2 Å². The van der Waals surface area contributed by atoms with Crippen molar-refractivity contribution >= 4 is 42.1 Å². The van der Waals surface area contributed by atoms with E-state index in [1.165, 1.54) is 30.7 Å². The summed E-state index contributed by atoms with van der Waals surface area (Å²) in [5.74, 6) is 0.0866. The molecular formula is C14H24Cl2N4OS. The van der Waals surface area contributed by atoms with Crippen LogP contribution in [0.2, 0.25) is 0 Å². The highest BCUT2D eigenvalue weighted by molar-refractivity contribution is 7.09. The van der Waals surface area contributed by atoms with Crippen molar-refractivity contribution in [3.05, 3.63) is 16.1 Å². The van der Waals surface area contributed by atoms with Crippen molar-refractivity contribution in [1.29, 1.82) is 0 Å². The number of thiazole rings is 1. The van der Waals surface area contributed by atoms with E-state index in [-0.39, 0.29) is 36.8 Å². The molecule has 2 N–H and O–H groups in total. The standard InChI is InChI=1S/C14H22N4OS.2ClH/c1-10-7-17-6-2-3-11(17)8-18(10)14(19)12-9-20-13(16-12)4-5-15;;/h9-11H,2-8,15H2,1H3;2*1H. The van der Waals surface area contributed by atoms with Gasteiger partial charge < -0.3 is 10.6 Å². The monoisotopic (exact) mass is 366 g/mol. The van der Waals surface area contributed by atoms with Crippen LogP contribution in [-0.4, -0.2) is 59.0 Å². The van der Waals surface area contributed by atoms with E-state index in [0.29, 0.717) is 18.3 Å². The first kappa shape index (κ1) is 19.6. The van der Waals surface area contributed by atoms with Gasteiger partial charge in [0.15, 0.2) is 0 Å². The van der Waals surface area contributed by atoms with Crippen molar-refractivity contribution in [3.63, 3.8) is 0 Å². The van der Waals surface area contributed by atoms with Crippen LogP contribution in [0.3, 0.4) is 0 Å². The molecule has 0 aliphatic carbocycles. The molecule has 22 heavy (non-hydrogen) atoms. The number of carbonyl (C=O) groups is 1. The van der Waals surface area contributed by atoms with E-state index in [9.17, 15) is 4.79 Å². The number of nitrogens with two attached hydrogens (primary N) is 1. The number of hydrogen-bond donors (Lipinski definition) is 1. The van der Waals surface area contributed by atoms with Crippen molar-refractivity contribution in [2.75, 3.05) is 26.2 Å². The first-order valence-electron chi connectivity index (χ1n) is 7.38. The van der Waals surface area contributed by atoms with Gasteiger partial charge in [0.25, 0.3) is 5.91 Å². The number of amides is 1. The van der Waals surface area contributed by atoms with E-state index in [1.807, 2.05) is 10.3 Å². The van der Waals surface area contributed by atoms with E-state index < -0.39 is 0 Å². The number of nitrogens with zero attached hydrogens (tertiary/aromatic N) is 3. The van der Waals surface area contributed by atoms with Crippen LogP contribution in [0.25, 0.3) is 0 Å². The zero-order valence-corrected chi connectivity index (χ0v) is 15.2. The van der Waals surface area contributed by atoms with Gasteiger partial charge in [-0.15, -0.1) is 36.2 Å². The summed E-state index contributed by atoms with van der Waals surface area (Å²) >= 11 is 1.54. The molecule has 2 atom stereocenters. The summed E-state index contributed by atoms with van der Waals surface area (Å²) in [5, 5.41) is 2.84. The third kappa shape index (κ3) is 3.92. The van der Waals surface area contributed by atoms with Crippen LogP contribution in [0.1, 0.15) is 35.3 Å². The van der Waals surface area contributed by atoms with Crippen molar-refractivity contribution in [2.24, 2.45) is 5.73 Å². The Morgan fingerprint density at radius 1 is 1.45 bits per heavy atom. The van der Waals surface area contributed by atoms with Crippen LogP contribution in [0.4, 0.5) is 0 Å². The summed E-state index contributed by atoms with van der Waals surface area (Å²) in [7, 11) is 0. The number of hydrogen-bond acceptors (Lipinski definition) is 5. The number of aromatic nitrogens is 1. The van der Waals surface area contributed by atoms with Crippen LogP contribution in [0.15, 0.2) is 5.38 Å². The van der Waals surface area contributed by atoms with Gasteiger partial charge in [0.05, 0.1) is 5.01 Å². The zero-order valence-electron chi connectivity index (χ0n) is 12.7. The average Bonchev–Trinajstić information content (AvgIpc) is 3.06. The molecule has 3 rings (SSSR count). The third-order valence-corrected chi connectivity index (χ3v) is 5.24. The predicted octanol–water partition coefficient (Wildman–Crippen LogP) is 1.80. The van der Waals surface area contributed by atoms with E-state index in [0.717, 1.165) is 24.5 Å². The minimum atomic E-state index is 0. The molecule has 2 unspecified atom stereocenters. The van der Waals surface area contributed by atoms with Crippen LogP contribution in [0, 0.1) is 0 Å². The van der Waals surface area contributed by atoms with Gasteiger partial charge in [0, 0.05) is 37.0 Å². The lowest BCUT2D eigenvalue weighted by atomic mass is 10.1. The molecule has 1 aromatic rings. The Morgan fingerprint density at radius 2 is 2.23 bits per heavy atom. The van der Waals surface area contributed by atoms with Crippen LogP contribution in [-0.2, 0) is 6.42 Å². The molecule has 126 valence electrons. The van der Waals surface area contributed by atoms with Crippen LogP contribution < -0.4 is 5.73 Å². The van der Waals surface area contributed by atoms with Gasteiger partial charge in [0.1, 0.15) is 5.69 Å². The van der Waals surface area contributed by atoms with Crippen molar-refractivity contribution in [2.45, 2.75) is 38.3 Å². The predicted molar refractivity (Wildman–Crippen MR) is 94.5 cm³/mol. The Kier molecular flexibility index (Phi) is 7.55. The molecule has 2 fully saturated rings. The van der Waals surface area contributed by atoms with E-state index in [4.69, 9.17) is 5.73 Å². The minimum absolute atomic E-state index is 0. The molecule has 1 aromatic heterocycles. The summed E-state index contributed by atoms with van der Waals surface area (Å²) < 4.78 is 0. The molecule has 0 radical (unpaired) electrons. The smallest absolute Gasteiger partial charge is 0.273 e. The lowest BCUT2D eigenvalue weighted by Crippen LogP contribution is -2.56. The summed E-state index contributed by atoms with van der Waals surface area (Å²) in [5.41, 5.74) is 6.13. The normalized spacial score (nSPS) is 24.4. The highest BCUT2D eigenvalue weighted by Crippen LogP contribution is 2.26. The van der Waals surface area contributed by atoms with Gasteiger partial charge in [-0.1, -0.05) is 0 Å². The Labute approximate surface area is 148 Å². The lowest BCUT2D eigenvalue weighted by Gasteiger charge is -2.42. The molecular weight excluding hydrogens is 343 g/mol. The molecule has 2 aliphatic rings. The number of piperazine rings is 1. The second-order valence-electron chi connectivity index (χ2n) is 5.76. The highest BCUT2D eigenvalue weighted by Gasteiger charge is 2.37. The highest BCUT2D eigenvalue weighted by atomic mass is 35.5. The number of halogens is 2. The fraction of sp³-hybridized carbons (Fsp3) is 0.714. The summed E-state index contributed by atoms with van der Waals surface area (Å²) in [4.78, 5) is 21.6. The summed E-state index contributed by atoms with van der Waals surface area (Å²) in [6.07, 6.45) is 3.23. The molecule has 0 bridgehead atoms. The fourth-order valence-electron chi connectivity index (χ4n) is 3.26. The van der Waals surface area contributed by atoms with Gasteiger partial charge in [-0.05, 0) is 32.9 Å². The Balaban J connectivity index is 0.00000121. The maximum atomic E-state index is 12.6. The average molecular weight is 367 g/mol. The van der Waals surface area contributed by atoms with Crippen LogP contribution in [0.5, 0.6) is 0 Å². The lowest BCUT2D eigenvalue weighted by molar-refractivity contribution is 0.0391. The first-order valence-corrected chi connectivity index (χ1v) is 8.26. The van der Waals surface area contributed by atoms with E-state index >= 15 is 0 Å². The maximum Gasteiger partial charge on any atom is 0.273 e. The summed E-state index contributed by atoms with van der Waals surface area (Å²) in [6, 6.07) is 0.828. The van der Waals surface area contributed by atoms with Gasteiger partial charge in [-0.25, -0.2) is 4.98 Å². The molecule has 5 nitrogen and oxygen atoms in total. The van der Waals surface area contributed by atoms with Gasteiger partial charge in [-0.2, -0.15) is 0 Å². The van der Waals surface area contributed by atoms with Gasteiger partial charge in [-0.3, -0.25) is 9.69 Å². The topological polar surface area (TPSA) is 62.5 Å². The molecule has 0 spiro atoms. The molecule has 0 saturated carbocycles. The fourth-order valence-corrected chi connectivity index (χ4v) is 4.05. The van der Waals surface area contributed by atoms with E-state index in [2.05, 4.69) is 16.8 Å². The molecule has 1 amide bonds. The second-order valence-corrected chi connectivity index (χ2v) is 6.71. The minimum Gasteiger partial charge on any atom is -0.332 e. The van der Waals surface area contributed by atoms with Crippen molar-refractivity contribution in [3.8, 4) is 0 Å². The third-order valence-electron chi connectivity index (χ3n) is 4.33. The maximum absolute atomic E-state index is 12.6. The molecule has 3 heterocycles. The summed E-state index contributed by atoms with van der Waals surface area (Å²) in [6.45, 7) is 5.76. The Hall–Kier alpha value is -0.400. The van der Waals surface area contributed by atoms with Gasteiger partial charge >= 0.3 is 0 Å². The number of fused-ring (bicyclic) bond motifs is 1. The largest absolute Gasteiger partial charge is 0.332 e. The van der Waals surface area contributed by atoms with E-state index in [1.54, 1.807) is 0 Å². The SMILES string of the molecule is CC1CN2CCCC2CN1C(=O)c1csc(CCN)n1.Cl.Cl. The quantitative estimate of drug-likeness (QED) is 0.885. The van der Waals surface area contributed by atoms with Crippen molar-refractivity contribution < 1.29 is 4.79 Å². The molecule has 8 heteroatoms. The molecule has 0 aromatic carbocycles. The number of carbonyl (C=O) groups excluding carboxylic acids is 1. The van der Waals surface area contributed by atoms with Crippen molar-refractivity contribution in [1.82, 2.24) is 14.8 Å². The number of rotatable bonds is 3. The van der Waals surface area contributed by atoms with Gasteiger partial charge in [0.2, 0.25) is 0 Å². The molecule has 2 aliphatic heterocycles. The Bertz CT molecular complexity index is 499. The second kappa shape index (κ2) is 8.45. The Morgan fingerprint density at radius 3 is 2.95 bits per heavy atom. The molecule has 2 saturated heterocycles. The first-order chi connectivity index (χ1) is 9.69. The zero-order chi connectivity index (χ0) is 14.1.